The second-order valence-electron chi connectivity index (χ2n) is 7.73. The minimum absolute atomic E-state index is 0.0905. The van der Waals surface area contributed by atoms with Crippen LogP contribution in [0.25, 0.3) is 21.3 Å². The van der Waals surface area contributed by atoms with Gasteiger partial charge in [0.25, 0.3) is 0 Å². The molecule has 0 aliphatic carbocycles. The number of nitrogens with zero attached hydrogens (tertiary/aromatic N) is 3. The molecular weight excluding hydrogens is 456 g/mol. The van der Waals surface area contributed by atoms with Crippen LogP contribution in [0.15, 0.2) is 77.7 Å². The summed E-state index contributed by atoms with van der Waals surface area (Å²) in [7, 11) is -3.31. The molecule has 33 heavy (non-hydrogen) atoms. The highest BCUT2D eigenvalue weighted by Gasteiger charge is 2.16. The summed E-state index contributed by atoms with van der Waals surface area (Å²) in [6.07, 6.45) is 1.78. The lowest BCUT2D eigenvalue weighted by Gasteiger charge is -2.09. The number of fused-ring (bicyclic) bond motifs is 2. The van der Waals surface area contributed by atoms with Gasteiger partial charge in [0.15, 0.2) is 15.0 Å². The van der Waals surface area contributed by atoms with Crippen LogP contribution in [-0.2, 0) is 27.6 Å². The quantitative estimate of drug-likeness (QED) is 0.395. The lowest BCUT2D eigenvalue weighted by molar-refractivity contribution is -0.116. The van der Waals surface area contributed by atoms with Crippen LogP contribution in [0.2, 0.25) is 0 Å². The normalized spacial score (nSPS) is 11.8. The van der Waals surface area contributed by atoms with Crippen LogP contribution in [0.1, 0.15) is 11.4 Å². The molecule has 0 atom stereocenters. The van der Waals surface area contributed by atoms with Gasteiger partial charge in [-0.15, -0.1) is 0 Å². The summed E-state index contributed by atoms with van der Waals surface area (Å²) in [4.78, 5) is 22.3. The summed E-state index contributed by atoms with van der Waals surface area (Å²) in [5.41, 5.74) is 3.48. The minimum Gasteiger partial charge on any atom is -0.318 e. The number of carbonyl (C=O) groups is 1. The Bertz CT molecular complexity index is 1590. The highest BCUT2D eigenvalue weighted by Crippen LogP contribution is 2.28. The molecule has 0 fully saturated rings. The van der Waals surface area contributed by atoms with Gasteiger partial charge in [-0.25, -0.2) is 18.4 Å². The van der Waals surface area contributed by atoms with E-state index in [0.717, 1.165) is 22.4 Å². The first-order valence-corrected chi connectivity index (χ1v) is 13.0. The van der Waals surface area contributed by atoms with Crippen molar-refractivity contribution in [1.82, 2.24) is 14.5 Å². The van der Waals surface area contributed by atoms with E-state index in [1.54, 1.807) is 12.1 Å². The molecule has 9 heteroatoms. The first-order chi connectivity index (χ1) is 15.9. The number of imidazole rings is 1. The van der Waals surface area contributed by atoms with Gasteiger partial charge >= 0.3 is 0 Å². The van der Waals surface area contributed by atoms with Crippen molar-refractivity contribution in [2.75, 3.05) is 11.6 Å². The smallest absolute Gasteiger partial charge is 0.246 e. The predicted molar refractivity (Wildman–Crippen MR) is 130 cm³/mol. The van der Waals surface area contributed by atoms with Crippen molar-refractivity contribution in [3.05, 3.63) is 84.2 Å². The Morgan fingerprint density at radius 3 is 2.52 bits per heavy atom. The predicted octanol–water partition coefficient (Wildman–Crippen LogP) is 4.28. The van der Waals surface area contributed by atoms with Gasteiger partial charge in [-0.1, -0.05) is 53.8 Å². The van der Waals surface area contributed by atoms with Crippen molar-refractivity contribution in [3.63, 3.8) is 0 Å². The average Bonchev–Trinajstić information content (AvgIpc) is 3.34. The number of amides is 1. The Morgan fingerprint density at radius 2 is 1.73 bits per heavy atom. The number of aromatic nitrogens is 3. The summed E-state index contributed by atoms with van der Waals surface area (Å²) in [5, 5.41) is 3.28. The summed E-state index contributed by atoms with van der Waals surface area (Å²) in [6.45, 7) is 0.0905. The number of benzene rings is 3. The third kappa shape index (κ3) is 4.50. The summed E-state index contributed by atoms with van der Waals surface area (Å²) >= 11 is 1.25. The fourth-order valence-electron chi connectivity index (χ4n) is 3.71. The van der Waals surface area contributed by atoms with Crippen LogP contribution in [0.3, 0.4) is 0 Å². The molecule has 0 saturated heterocycles. The number of anilines is 1. The molecule has 0 radical (unpaired) electrons. The van der Waals surface area contributed by atoms with Gasteiger partial charge in [0.2, 0.25) is 5.91 Å². The molecule has 166 valence electrons. The van der Waals surface area contributed by atoms with Crippen molar-refractivity contribution < 1.29 is 13.2 Å². The fraction of sp³-hybridized carbons (Fsp3) is 0.125. The van der Waals surface area contributed by atoms with Crippen LogP contribution in [0.4, 0.5) is 5.13 Å². The standard InChI is InChI=1S/C24H20N4O3S2/c1-33(30,31)17-11-12-19-21(14-17)32-24(26-19)27-23(29)15-28-20-10-6-5-9-18(20)25-22(28)13-16-7-3-2-4-8-16/h2-12,14H,13,15H2,1H3,(H,26,27,29). The topological polar surface area (TPSA) is 94.0 Å². The molecule has 0 unspecified atom stereocenters. The minimum atomic E-state index is -3.31. The van der Waals surface area contributed by atoms with Crippen molar-refractivity contribution in [2.45, 2.75) is 17.9 Å². The molecule has 2 aromatic heterocycles. The zero-order chi connectivity index (χ0) is 23.0. The number of para-hydroxylation sites is 2. The van der Waals surface area contributed by atoms with E-state index in [2.05, 4.69) is 10.3 Å². The van der Waals surface area contributed by atoms with E-state index < -0.39 is 9.84 Å². The first-order valence-electron chi connectivity index (χ1n) is 10.3. The molecule has 0 bridgehead atoms. The van der Waals surface area contributed by atoms with Gasteiger partial charge in [-0.2, -0.15) is 0 Å². The maximum atomic E-state index is 12.9. The summed E-state index contributed by atoms with van der Waals surface area (Å²) in [5.74, 6) is 0.578. The first kappa shape index (κ1) is 21.3. The maximum absolute atomic E-state index is 12.9. The number of hydrogen-bond donors (Lipinski definition) is 1. The Hall–Kier alpha value is -3.56. The highest BCUT2D eigenvalue weighted by molar-refractivity contribution is 7.90. The molecule has 0 aliphatic heterocycles. The Morgan fingerprint density at radius 1 is 0.970 bits per heavy atom. The third-order valence-corrected chi connectivity index (χ3v) is 7.32. The van der Waals surface area contributed by atoms with E-state index in [4.69, 9.17) is 4.98 Å². The number of carbonyl (C=O) groups excluding carboxylic acids is 1. The van der Waals surface area contributed by atoms with Crippen LogP contribution in [0, 0.1) is 0 Å². The summed E-state index contributed by atoms with van der Waals surface area (Å²) < 4.78 is 26.3. The molecule has 5 rings (SSSR count). The second kappa shape index (κ2) is 8.42. The molecule has 1 amide bonds. The van der Waals surface area contributed by atoms with Crippen molar-refractivity contribution in [1.29, 1.82) is 0 Å². The number of hydrogen-bond acceptors (Lipinski definition) is 6. The monoisotopic (exact) mass is 476 g/mol. The molecule has 0 spiro atoms. The van der Waals surface area contributed by atoms with Gasteiger partial charge in [0.05, 0.1) is 26.1 Å². The number of nitrogens with one attached hydrogen (secondary N) is 1. The van der Waals surface area contributed by atoms with Gasteiger partial charge in [0, 0.05) is 12.7 Å². The largest absolute Gasteiger partial charge is 0.318 e. The third-order valence-electron chi connectivity index (χ3n) is 5.27. The SMILES string of the molecule is CS(=O)(=O)c1ccc2nc(NC(=O)Cn3c(Cc4ccccc4)nc4ccccc43)sc2c1. The van der Waals surface area contributed by atoms with E-state index >= 15 is 0 Å². The van der Waals surface area contributed by atoms with Crippen LogP contribution < -0.4 is 5.32 Å². The molecule has 0 saturated carbocycles. The fourth-order valence-corrected chi connectivity index (χ4v) is 5.35. The van der Waals surface area contributed by atoms with Gasteiger partial charge in [-0.05, 0) is 35.9 Å². The van der Waals surface area contributed by atoms with Crippen molar-refractivity contribution in [3.8, 4) is 0 Å². The van der Waals surface area contributed by atoms with E-state index in [1.165, 1.54) is 23.7 Å². The van der Waals surface area contributed by atoms with Gasteiger partial charge < -0.3 is 9.88 Å². The van der Waals surface area contributed by atoms with E-state index in [-0.39, 0.29) is 17.3 Å². The average molecular weight is 477 g/mol. The molecule has 2 heterocycles. The Balaban J connectivity index is 1.41. The van der Waals surface area contributed by atoms with Crippen LogP contribution >= 0.6 is 11.3 Å². The lowest BCUT2D eigenvalue weighted by Crippen LogP contribution is -2.20. The van der Waals surface area contributed by atoms with Gasteiger partial charge in [-0.3, -0.25) is 4.79 Å². The van der Waals surface area contributed by atoms with Gasteiger partial charge in [0.1, 0.15) is 12.4 Å². The summed E-state index contributed by atoms with van der Waals surface area (Å²) in [6, 6.07) is 22.5. The molecule has 1 N–H and O–H groups in total. The van der Waals surface area contributed by atoms with E-state index in [1.807, 2.05) is 59.2 Å². The van der Waals surface area contributed by atoms with Crippen LogP contribution in [0.5, 0.6) is 0 Å². The maximum Gasteiger partial charge on any atom is 0.246 e. The zero-order valence-electron chi connectivity index (χ0n) is 17.7. The molecule has 5 aromatic rings. The highest BCUT2D eigenvalue weighted by atomic mass is 32.2. The Labute approximate surface area is 194 Å². The zero-order valence-corrected chi connectivity index (χ0v) is 19.4. The molecule has 3 aromatic carbocycles. The number of rotatable bonds is 6. The molecular formula is C24H20N4O3S2. The van der Waals surface area contributed by atoms with Crippen molar-refractivity contribution in [2.24, 2.45) is 0 Å². The van der Waals surface area contributed by atoms with E-state index in [0.29, 0.717) is 21.8 Å². The second-order valence-corrected chi connectivity index (χ2v) is 10.8. The number of thiazole rings is 1. The van der Waals surface area contributed by atoms with Crippen molar-refractivity contribution >= 4 is 53.5 Å². The van der Waals surface area contributed by atoms with E-state index in [9.17, 15) is 13.2 Å². The lowest BCUT2D eigenvalue weighted by atomic mass is 10.1. The molecule has 0 aliphatic rings. The van der Waals surface area contributed by atoms with Crippen LogP contribution in [-0.4, -0.2) is 35.1 Å². The Kier molecular flexibility index (Phi) is 5.43. The number of sulfone groups is 1. The molecule has 7 nitrogen and oxygen atoms in total.